The number of hydrogen-bond acceptors (Lipinski definition) is 4. The van der Waals surface area contributed by atoms with E-state index in [-0.39, 0.29) is 6.09 Å². The minimum atomic E-state index is -0.412. The van der Waals surface area contributed by atoms with Crippen LogP contribution in [0.25, 0.3) is 0 Å². The van der Waals surface area contributed by atoms with Crippen molar-refractivity contribution in [3.8, 4) is 0 Å². The van der Waals surface area contributed by atoms with Crippen LogP contribution in [0, 0.1) is 5.92 Å². The first kappa shape index (κ1) is 13.3. The van der Waals surface area contributed by atoms with Crippen molar-refractivity contribution < 1.29 is 9.53 Å². The zero-order chi connectivity index (χ0) is 13.2. The molecule has 6 heteroatoms. The summed E-state index contributed by atoms with van der Waals surface area (Å²) in [5.74, 6) is 1.51. The standard InChI is InChI=1S/C12H19N3O2S/c1-12(2,3)17-11(16)15-6-9(7-15)8-18-10-13-4-5-14-10/h4-5,9H,6-8H2,1-3H3,(H,13,14). The minimum Gasteiger partial charge on any atom is -0.444 e. The minimum absolute atomic E-state index is 0.207. The summed E-state index contributed by atoms with van der Waals surface area (Å²) < 4.78 is 5.30. The number of H-pyrrole nitrogens is 1. The lowest BCUT2D eigenvalue weighted by Gasteiger charge is -2.39. The van der Waals surface area contributed by atoms with E-state index in [9.17, 15) is 4.79 Å². The smallest absolute Gasteiger partial charge is 0.410 e. The number of aromatic amines is 1. The molecule has 0 saturated carbocycles. The Balaban J connectivity index is 1.66. The summed E-state index contributed by atoms with van der Waals surface area (Å²) in [6.45, 7) is 7.21. The third-order valence-electron chi connectivity index (χ3n) is 2.54. The maximum atomic E-state index is 11.7. The molecular formula is C12H19N3O2S. The van der Waals surface area contributed by atoms with Crippen LogP contribution in [0.2, 0.25) is 0 Å². The number of nitrogens with zero attached hydrogens (tertiary/aromatic N) is 2. The lowest BCUT2D eigenvalue weighted by Crippen LogP contribution is -2.52. The fourth-order valence-corrected chi connectivity index (χ4v) is 2.57. The zero-order valence-corrected chi connectivity index (χ0v) is 11.8. The number of aromatic nitrogens is 2. The van der Waals surface area contributed by atoms with Crippen LogP contribution in [0.4, 0.5) is 4.79 Å². The fourth-order valence-electron chi connectivity index (χ4n) is 1.68. The average Bonchev–Trinajstić information content (AvgIpc) is 2.64. The highest BCUT2D eigenvalue weighted by atomic mass is 32.2. The van der Waals surface area contributed by atoms with E-state index in [0.29, 0.717) is 5.92 Å². The van der Waals surface area contributed by atoms with Gasteiger partial charge in [-0.15, -0.1) is 0 Å². The first-order chi connectivity index (χ1) is 8.44. The Kier molecular flexibility index (Phi) is 3.85. The summed E-state index contributed by atoms with van der Waals surface area (Å²) in [7, 11) is 0. The number of hydrogen-bond donors (Lipinski definition) is 1. The van der Waals surface area contributed by atoms with E-state index in [0.717, 1.165) is 24.0 Å². The lowest BCUT2D eigenvalue weighted by molar-refractivity contribution is 0.00215. The Labute approximate surface area is 111 Å². The van der Waals surface area contributed by atoms with Gasteiger partial charge in [-0.25, -0.2) is 9.78 Å². The third-order valence-corrected chi connectivity index (χ3v) is 3.67. The van der Waals surface area contributed by atoms with Crippen LogP contribution in [-0.4, -0.2) is 45.4 Å². The molecule has 0 spiro atoms. The van der Waals surface area contributed by atoms with E-state index >= 15 is 0 Å². The summed E-state index contributed by atoms with van der Waals surface area (Å²) >= 11 is 1.69. The SMILES string of the molecule is CC(C)(C)OC(=O)N1CC(CSc2ncc[nH]2)C1. The van der Waals surface area contributed by atoms with Crippen LogP contribution in [0.3, 0.4) is 0 Å². The molecule has 0 bridgehead atoms. The second kappa shape index (κ2) is 5.22. The van der Waals surface area contributed by atoms with Crippen LogP contribution in [0.1, 0.15) is 20.8 Å². The third kappa shape index (κ3) is 3.66. The van der Waals surface area contributed by atoms with Gasteiger partial charge in [0.05, 0.1) is 0 Å². The van der Waals surface area contributed by atoms with Gasteiger partial charge >= 0.3 is 6.09 Å². The molecule has 100 valence electrons. The number of amides is 1. The molecule has 0 radical (unpaired) electrons. The van der Waals surface area contributed by atoms with Crippen molar-refractivity contribution in [1.82, 2.24) is 14.9 Å². The lowest BCUT2D eigenvalue weighted by atomic mass is 10.0. The molecule has 1 aliphatic heterocycles. The van der Waals surface area contributed by atoms with E-state index in [1.807, 2.05) is 27.0 Å². The van der Waals surface area contributed by atoms with E-state index in [1.165, 1.54) is 0 Å². The van der Waals surface area contributed by atoms with Crippen molar-refractivity contribution in [2.75, 3.05) is 18.8 Å². The molecule has 5 nitrogen and oxygen atoms in total. The molecule has 1 amide bonds. The van der Waals surface area contributed by atoms with Crippen LogP contribution in [-0.2, 0) is 4.74 Å². The summed E-state index contributed by atoms with van der Waals surface area (Å²) in [6, 6.07) is 0. The van der Waals surface area contributed by atoms with E-state index in [4.69, 9.17) is 4.74 Å². The Morgan fingerprint density at radius 2 is 2.33 bits per heavy atom. The van der Waals surface area contributed by atoms with Crippen molar-refractivity contribution in [3.05, 3.63) is 12.4 Å². The number of imidazole rings is 1. The highest BCUT2D eigenvalue weighted by Crippen LogP contribution is 2.25. The summed E-state index contributed by atoms with van der Waals surface area (Å²) in [6.07, 6.45) is 3.36. The van der Waals surface area contributed by atoms with Gasteiger partial charge in [0.2, 0.25) is 0 Å². The molecule has 2 rings (SSSR count). The molecule has 1 aromatic heterocycles. The number of likely N-dealkylation sites (tertiary alicyclic amines) is 1. The van der Waals surface area contributed by atoms with Gasteiger partial charge in [0, 0.05) is 37.2 Å². The molecule has 1 N–H and O–H groups in total. The second-order valence-corrected chi connectivity index (χ2v) is 6.47. The molecule has 1 saturated heterocycles. The quantitative estimate of drug-likeness (QED) is 0.856. The first-order valence-corrected chi connectivity index (χ1v) is 7.03. The zero-order valence-electron chi connectivity index (χ0n) is 11.0. The predicted octanol–water partition coefficient (Wildman–Crippen LogP) is 2.37. The molecule has 1 fully saturated rings. The highest BCUT2D eigenvalue weighted by Gasteiger charge is 2.33. The van der Waals surface area contributed by atoms with Gasteiger partial charge in [-0.2, -0.15) is 0 Å². The number of thioether (sulfide) groups is 1. The average molecular weight is 269 g/mol. The number of nitrogens with one attached hydrogen (secondary N) is 1. The van der Waals surface area contributed by atoms with Gasteiger partial charge in [-0.1, -0.05) is 11.8 Å². The fraction of sp³-hybridized carbons (Fsp3) is 0.667. The molecule has 0 atom stereocenters. The van der Waals surface area contributed by atoms with Crippen molar-refractivity contribution in [1.29, 1.82) is 0 Å². The molecule has 1 aromatic rings. The molecule has 0 aromatic carbocycles. The van der Waals surface area contributed by atoms with E-state index in [1.54, 1.807) is 22.9 Å². The number of rotatable bonds is 3. The van der Waals surface area contributed by atoms with Gasteiger partial charge in [0.15, 0.2) is 5.16 Å². The molecule has 18 heavy (non-hydrogen) atoms. The van der Waals surface area contributed by atoms with Gasteiger partial charge in [0.25, 0.3) is 0 Å². The monoisotopic (exact) mass is 269 g/mol. The number of carbonyl (C=O) groups excluding carboxylic acids is 1. The van der Waals surface area contributed by atoms with Crippen molar-refractivity contribution >= 4 is 17.9 Å². The van der Waals surface area contributed by atoms with Crippen molar-refractivity contribution in [2.45, 2.75) is 31.5 Å². The van der Waals surface area contributed by atoms with Crippen LogP contribution < -0.4 is 0 Å². The maximum Gasteiger partial charge on any atom is 0.410 e. The van der Waals surface area contributed by atoms with E-state index in [2.05, 4.69) is 9.97 Å². The topological polar surface area (TPSA) is 58.2 Å². The molecule has 0 unspecified atom stereocenters. The van der Waals surface area contributed by atoms with Crippen molar-refractivity contribution in [3.63, 3.8) is 0 Å². The van der Waals surface area contributed by atoms with Gasteiger partial charge < -0.3 is 14.6 Å². The summed E-state index contributed by atoms with van der Waals surface area (Å²) in [5.41, 5.74) is -0.412. The summed E-state index contributed by atoms with van der Waals surface area (Å²) in [5, 5.41) is 0.936. The first-order valence-electron chi connectivity index (χ1n) is 6.04. The number of carbonyl (C=O) groups is 1. The summed E-state index contributed by atoms with van der Waals surface area (Å²) in [4.78, 5) is 20.7. The van der Waals surface area contributed by atoms with E-state index < -0.39 is 5.60 Å². The van der Waals surface area contributed by atoms with Gasteiger partial charge in [-0.3, -0.25) is 0 Å². The van der Waals surface area contributed by atoms with Crippen LogP contribution in [0.5, 0.6) is 0 Å². The highest BCUT2D eigenvalue weighted by molar-refractivity contribution is 7.99. The van der Waals surface area contributed by atoms with Crippen LogP contribution >= 0.6 is 11.8 Å². The van der Waals surface area contributed by atoms with Crippen LogP contribution in [0.15, 0.2) is 17.6 Å². The Morgan fingerprint density at radius 3 is 2.89 bits per heavy atom. The maximum absolute atomic E-state index is 11.7. The molecule has 1 aliphatic rings. The van der Waals surface area contributed by atoms with Crippen molar-refractivity contribution in [2.24, 2.45) is 5.92 Å². The largest absolute Gasteiger partial charge is 0.444 e. The molecule has 2 heterocycles. The molecular weight excluding hydrogens is 250 g/mol. The van der Waals surface area contributed by atoms with Gasteiger partial charge in [-0.05, 0) is 20.8 Å². The normalized spacial score (nSPS) is 16.5. The Bertz CT molecular complexity index is 394. The number of ether oxygens (including phenoxy) is 1. The molecule has 0 aliphatic carbocycles. The Morgan fingerprint density at radius 1 is 1.61 bits per heavy atom. The predicted molar refractivity (Wildman–Crippen MR) is 70.6 cm³/mol. The Hall–Kier alpha value is -1.17. The second-order valence-electron chi connectivity index (χ2n) is 5.46. The van der Waals surface area contributed by atoms with Gasteiger partial charge in [0.1, 0.15) is 5.60 Å².